The number of rotatable bonds is 5. The zero-order valence-corrected chi connectivity index (χ0v) is 13.2. The Hall–Kier alpha value is -1.84. The third kappa shape index (κ3) is 3.84. The minimum absolute atomic E-state index is 0.207. The number of carbonyl (C=O) groups excluding carboxylic acids is 2. The highest BCUT2D eigenvalue weighted by Gasteiger charge is 2.38. The average Bonchev–Trinajstić information content (AvgIpc) is 3.23. The van der Waals surface area contributed by atoms with Crippen molar-refractivity contribution < 1.29 is 9.59 Å². The molecule has 0 heterocycles. The number of hydrogen-bond donors (Lipinski definition) is 2. The van der Waals surface area contributed by atoms with Crippen LogP contribution >= 0.6 is 0 Å². The molecule has 21 heavy (non-hydrogen) atoms. The third-order valence-corrected chi connectivity index (χ3v) is 3.88. The Labute approximate surface area is 126 Å². The van der Waals surface area contributed by atoms with E-state index in [2.05, 4.69) is 24.5 Å². The minimum Gasteiger partial charge on any atom is -0.352 e. The number of amides is 2. The molecule has 1 aromatic rings. The number of nitrogens with one attached hydrogen (secondary N) is 2. The van der Waals surface area contributed by atoms with Gasteiger partial charge in [0.25, 0.3) is 0 Å². The normalized spacial score (nSPS) is 14.9. The second-order valence-electron chi connectivity index (χ2n) is 6.60. The van der Waals surface area contributed by atoms with Crippen molar-refractivity contribution in [2.24, 2.45) is 5.41 Å². The second-order valence-corrected chi connectivity index (χ2v) is 6.60. The van der Waals surface area contributed by atoms with Gasteiger partial charge >= 0.3 is 0 Å². The van der Waals surface area contributed by atoms with E-state index in [4.69, 9.17) is 0 Å². The van der Waals surface area contributed by atoms with Gasteiger partial charge in [-0.25, -0.2) is 0 Å². The van der Waals surface area contributed by atoms with Crippen LogP contribution in [0.3, 0.4) is 0 Å². The van der Waals surface area contributed by atoms with Gasteiger partial charge in [-0.05, 0) is 50.3 Å². The maximum Gasteiger partial charge on any atom is 0.239 e. The van der Waals surface area contributed by atoms with Crippen molar-refractivity contribution in [3.05, 3.63) is 29.8 Å². The molecule has 4 nitrogen and oxygen atoms in total. The molecule has 2 rings (SSSR count). The van der Waals surface area contributed by atoms with Crippen LogP contribution in [0.25, 0.3) is 0 Å². The fourth-order valence-electron chi connectivity index (χ4n) is 1.94. The number of benzene rings is 1. The van der Waals surface area contributed by atoms with Gasteiger partial charge in [-0.15, -0.1) is 0 Å². The van der Waals surface area contributed by atoms with Crippen molar-refractivity contribution in [2.45, 2.75) is 52.5 Å². The van der Waals surface area contributed by atoms with Gasteiger partial charge in [-0.2, -0.15) is 0 Å². The highest BCUT2D eigenvalue weighted by atomic mass is 16.2. The fraction of sp³-hybridized carbons (Fsp3) is 0.529. The molecule has 1 saturated carbocycles. The lowest BCUT2D eigenvalue weighted by atomic mass is 9.90. The smallest absolute Gasteiger partial charge is 0.239 e. The van der Waals surface area contributed by atoms with Gasteiger partial charge in [0.15, 0.2) is 0 Å². The Morgan fingerprint density at radius 1 is 1.10 bits per heavy atom. The van der Waals surface area contributed by atoms with Crippen molar-refractivity contribution in [1.82, 2.24) is 5.32 Å². The summed E-state index contributed by atoms with van der Waals surface area (Å²) in [6.07, 6.45) is 2.03. The molecule has 1 aliphatic rings. The highest BCUT2D eigenvalue weighted by Crippen LogP contribution is 2.24. The number of anilines is 1. The topological polar surface area (TPSA) is 58.2 Å². The zero-order chi connectivity index (χ0) is 15.6. The van der Waals surface area contributed by atoms with Gasteiger partial charge in [0.1, 0.15) is 5.41 Å². The van der Waals surface area contributed by atoms with E-state index in [0.717, 1.165) is 18.5 Å². The lowest BCUT2D eigenvalue weighted by Gasteiger charge is -2.22. The predicted octanol–water partition coefficient (Wildman–Crippen LogP) is 3.05. The zero-order valence-electron chi connectivity index (χ0n) is 13.2. The van der Waals surface area contributed by atoms with Crippen LogP contribution in [0.4, 0.5) is 5.69 Å². The van der Waals surface area contributed by atoms with Crippen molar-refractivity contribution in [2.75, 3.05) is 5.32 Å². The van der Waals surface area contributed by atoms with E-state index in [9.17, 15) is 9.59 Å². The van der Waals surface area contributed by atoms with Crippen LogP contribution in [0.2, 0.25) is 0 Å². The Bertz CT molecular complexity index is 528. The third-order valence-electron chi connectivity index (χ3n) is 3.88. The predicted molar refractivity (Wildman–Crippen MR) is 84.1 cm³/mol. The maximum atomic E-state index is 12.3. The molecule has 4 heteroatoms. The van der Waals surface area contributed by atoms with Crippen LogP contribution in [-0.2, 0) is 9.59 Å². The fourth-order valence-corrected chi connectivity index (χ4v) is 1.94. The summed E-state index contributed by atoms with van der Waals surface area (Å²) in [5.41, 5.74) is 0.870. The molecule has 114 valence electrons. The molecule has 0 atom stereocenters. The minimum atomic E-state index is -1.07. The van der Waals surface area contributed by atoms with E-state index < -0.39 is 5.41 Å². The van der Waals surface area contributed by atoms with E-state index in [1.165, 1.54) is 5.56 Å². The Morgan fingerprint density at radius 3 is 2.14 bits per heavy atom. The van der Waals surface area contributed by atoms with Crippen LogP contribution in [0.1, 0.15) is 52.0 Å². The summed E-state index contributed by atoms with van der Waals surface area (Å²) >= 11 is 0. The van der Waals surface area contributed by atoms with E-state index in [1.54, 1.807) is 13.8 Å². The summed E-state index contributed by atoms with van der Waals surface area (Å²) < 4.78 is 0. The monoisotopic (exact) mass is 288 g/mol. The van der Waals surface area contributed by atoms with E-state index in [-0.39, 0.29) is 17.9 Å². The first-order valence-corrected chi connectivity index (χ1v) is 7.53. The quantitative estimate of drug-likeness (QED) is 0.818. The first kappa shape index (κ1) is 15.5. The average molecular weight is 288 g/mol. The van der Waals surface area contributed by atoms with E-state index in [1.807, 2.05) is 24.3 Å². The molecule has 0 aromatic heterocycles. The van der Waals surface area contributed by atoms with Crippen LogP contribution in [0.15, 0.2) is 24.3 Å². The van der Waals surface area contributed by atoms with Crippen molar-refractivity contribution in [3.63, 3.8) is 0 Å². The van der Waals surface area contributed by atoms with Gasteiger partial charge in [0.05, 0.1) is 0 Å². The molecule has 0 spiro atoms. The molecule has 2 N–H and O–H groups in total. The standard InChI is InChI=1S/C17H24N2O2/c1-11(2)12-5-7-13(8-6-12)18-15(20)17(3,4)16(21)19-14-9-10-14/h5-8,11,14H,9-10H2,1-4H3,(H,18,20)(H,19,21). The van der Waals surface area contributed by atoms with Crippen molar-refractivity contribution >= 4 is 17.5 Å². The van der Waals surface area contributed by atoms with Crippen LogP contribution in [-0.4, -0.2) is 17.9 Å². The van der Waals surface area contributed by atoms with E-state index >= 15 is 0 Å². The molecule has 0 saturated heterocycles. The molecule has 1 aliphatic carbocycles. The van der Waals surface area contributed by atoms with Gasteiger partial charge in [-0.1, -0.05) is 26.0 Å². The number of carbonyl (C=O) groups is 2. The second kappa shape index (κ2) is 5.88. The summed E-state index contributed by atoms with van der Waals surface area (Å²) in [6, 6.07) is 8.01. The first-order chi connectivity index (χ1) is 9.80. The highest BCUT2D eigenvalue weighted by molar-refractivity contribution is 6.09. The molecule has 1 aromatic carbocycles. The lowest BCUT2D eigenvalue weighted by Crippen LogP contribution is -2.45. The largest absolute Gasteiger partial charge is 0.352 e. The maximum absolute atomic E-state index is 12.3. The van der Waals surface area contributed by atoms with Gasteiger partial charge in [-0.3, -0.25) is 9.59 Å². The SMILES string of the molecule is CC(C)c1ccc(NC(=O)C(C)(C)C(=O)NC2CC2)cc1. The van der Waals surface area contributed by atoms with Crippen molar-refractivity contribution in [3.8, 4) is 0 Å². The molecular weight excluding hydrogens is 264 g/mol. The first-order valence-electron chi connectivity index (χ1n) is 7.53. The Kier molecular flexibility index (Phi) is 4.35. The van der Waals surface area contributed by atoms with Crippen molar-refractivity contribution in [1.29, 1.82) is 0 Å². The molecular formula is C17H24N2O2. The number of hydrogen-bond acceptors (Lipinski definition) is 2. The van der Waals surface area contributed by atoms with Gasteiger partial charge in [0.2, 0.25) is 11.8 Å². The molecule has 0 unspecified atom stereocenters. The van der Waals surface area contributed by atoms with Gasteiger partial charge in [0, 0.05) is 11.7 Å². The summed E-state index contributed by atoms with van der Waals surface area (Å²) in [4.78, 5) is 24.4. The van der Waals surface area contributed by atoms with Crippen LogP contribution in [0, 0.1) is 5.41 Å². The van der Waals surface area contributed by atoms with Gasteiger partial charge < -0.3 is 10.6 Å². The lowest BCUT2D eigenvalue weighted by molar-refractivity contribution is -0.138. The van der Waals surface area contributed by atoms with Crippen LogP contribution < -0.4 is 10.6 Å². The summed E-state index contributed by atoms with van der Waals surface area (Å²) in [5.74, 6) is -0.0326. The Balaban J connectivity index is 2.00. The molecule has 0 aliphatic heterocycles. The summed E-state index contributed by atoms with van der Waals surface area (Å²) in [7, 11) is 0. The molecule has 0 bridgehead atoms. The molecule has 1 fully saturated rings. The summed E-state index contributed by atoms with van der Waals surface area (Å²) in [5, 5.41) is 5.71. The Morgan fingerprint density at radius 2 is 1.67 bits per heavy atom. The van der Waals surface area contributed by atoms with E-state index in [0.29, 0.717) is 5.92 Å². The van der Waals surface area contributed by atoms with Crippen LogP contribution in [0.5, 0.6) is 0 Å². The summed E-state index contributed by atoms with van der Waals surface area (Å²) in [6.45, 7) is 7.56. The molecule has 0 radical (unpaired) electrons. The molecule has 2 amide bonds.